The van der Waals surface area contributed by atoms with E-state index in [0.29, 0.717) is 6.10 Å². The molecule has 0 unspecified atom stereocenters. The van der Waals surface area contributed by atoms with E-state index < -0.39 is 0 Å². The fourth-order valence-electron chi connectivity index (χ4n) is 1.86. The third-order valence-electron chi connectivity index (χ3n) is 3.04. The maximum absolute atomic E-state index is 6.01. The summed E-state index contributed by atoms with van der Waals surface area (Å²) in [7, 11) is 0. The molecule has 1 fully saturated rings. The highest BCUT2D eigenvalue weighted by molar-refractivity contribution is 5.38. The summed E-state index contributed by atoms with van der Waals surface area (Å²) >= 11 is 0. The molecule has 0 heterocycles. The van der Waals surface area contributed by atoms with Gasteiger partial charge >= 0.3 is 0 Å². The number of hydrogen-bond donors (Lipinski definition) is 0. The molecule has 0 N–H and O–H groups in total. The van der Waals surface area contributed by atoms with Crippen LogP contribution in [0, 0.1) is 0 Å². The SMILES string of the molecule is CC(C)(C)c1ccccc1OC1CCC1. The Morgan fingerprint density at radius 1 is 1.13 bits per heavy atom. The molecule has 1 nitrogen and oxygen atoms in total. The van der Waals surface area contributed by atoms with Gasteiger partial charge in [0.15, 0.2) is 0 Å². The molecular formula is C14H20O. The van der Waals surface area contributed by atoms with Gasteiger partial charge < -0.3 is 4.74 Å². The molecule has 1 aromatic carbocycles. The monoisotopic (exact) mass is 204 g/mol. The summed E-state index contributed by atoms with van der Waals surface area (Å²) in [5.74, 6) is 1.08. The molecule has 15 heavy (non-hydrogen) atoms. The predicted molar refractivity (Wildman–Crippen MR) is 63.4 cm³/mol. The van der Waals surface area contributed by atoms with Crippen LogP contribution >= 0.6 is 0 Å². The second-order valence-corrected chi connectivity index (χ2v) is 5.42. The molecule has 1 aliphatic rings. The van der Waals surface area contributed by atoms with Gasteiger partial charge in [0.05, 0.1) is 6.10 Å². The molecule has 2 rings (SSSR count). The number of rotatable bonds is 2. The molecule has 1 aromatic rings. The van der Waals surface area contributed by atoms with Gasteiger partial charge in [0.1, 0.15) is 5.75 Å². The van der Waals surface area contributed by atoms with Crippen molar-refractivity contribution in [3.8, 4) is 5.75 Å². The van der Waals surface area contributed by atoms with E-state index in [0.717, 1.165) is 5.75 Å². The minimum atomic E-state index is 0.167. The van der Waals surface area contributed by atoms with Crippen LogP contribution in [0.1, 0.15) is 45.6 Å². The van der Waals surface area contributed by atoms with E-state index in [1.54, 1.807) is 0 Å². The summed E-state index contributed by atoms with van der Waals surface area (Å²) in [5, 5.41) is 0. The van der Waals surface area contributed by atoms with E-state index in [4.69, 9.17) is 4.74 Å². The Morgan fingerprint density at radius 3 is 2.33 bits per heavy atom. The molecule has 0 aliphatic heterocycles. The van der Waals surface area contributed by atoms with Gasteiger partial charge in [0, 0.05) is 0 Å². The maximum atomic E-state index is 6.01. The molecule has 0 atom stereocenters. The second kappa shape index (κ2) is 3.88. The summed E-state index contributed by atoms with van der Waals surface area (Å²) in [6, 6.07) is 8.42. The zero-order valence-corrected chi connectivity index (χ0v) is 9.92. The Balaban J connectivity index is 2.21. The molecule has 1 aliphatic carbocycles. The molecule has 1 heteroatoms. The lowest BCUT2D eigenvalue weighted by molar-refractivity contribution is 0.118. The van der Waals surface area contributed by atoms with Crippen LogP contribution in [0.4, 0.5) is 0 Å². The van der Waals surface area contributed by atoms with Crippen molar-refractivity contribution in [2.24, 2.45) is 0 Å². The van der Waals surface area contributed by atoms with Crippen molar-refractivity contribution in [3.63, 3.8) is 0 Å². The predicted octanol–water partition coefficient (Wildman–Crippen LogP) is 3.92. The first kappa shape index (κ1) is 10.5. The van der Waals surface area contributed by atoms with E-state index in [-0.39, 0.29) is 5.41 Å². The fraction of sp³-hybridized carbons (Fsp3) is 0.571. The number of benzene rings is 1. The first-order valence-electron chi connectivity index (χ1n) is 5.83. The normalized spacial score (nSPS) is 17.3. The van der Waals surface area contributed by atoms with Gasteiger partial charge in [0.25, 0.3) is 0 Å². The van der Waals surface area contributed by atoms with Crippen molar-refractivity contribution >= 4 is 0 Å². The van der Waals surface area contributed by atoms with Crippen molar-refractivity contribution in [2.75, 3.05) is 0 Å². The van der Waals surface area contributed by atoms with Gasteiger partial charge in [-0.2, -0.15) is 0 Å². The van der Waals surface area contributed by atoms with Crippen molar-refractivity contribution in [1.29, 1.82) is 0 Å². The summed E-state index contributed by atoms with van der Waals surface area (Å²) in [5.41, 5.74) is 1.48. The van der Waals surface area contributed by atoms with Gasteiger partial charge in [-0.15, -0.1) is 0 Å². The maximum Gasteiger partial charge on any atom is 0.123 e. The molecular weight excluding hydrogens is 184 g/mol. The zero-order chi connectivity index (χ0) is 10.9. The van der Waals surface area contributed by atoms with Crippen LogP contribution in [0.2, 0.25) is 0 Å². The molecule has 0 amide bonds. The minimum absolute atomic E-state index is 0.167. The molecule has 0 saturated heterocycles. The van der Waals surface area contributed by atoms with Crippen molar-refractivity contribution in [3.05, 3.63) is 29.8 Å². The van der Waals surface area contributed by atoms with Gasteiger partial charge in [0.2, 0.25) is 0 Å². The van der Waals surface area contributed by atoms with Crippen LogP contribution in [0.25, 0.3) is 0 Å². The zero-order valence-electron chi connectivity index (χ0n) is 9.92. The van der Waals surface area contributed by atoms with Crippen LogP contribution in [0.5, 0.6) is 5.75 Å². The summed E-state index contributed by atoms with van der Waals surface area (Å²) in [4.78, 5) is 0. The molecule has 82 valence electrons. The van der Waals surface area contributed by atoms with Gasteiger partial charge in [-0.25, -0.2) is 0 Å². The van der Waals surface area contributed by atoms with Crippen molar-refractivity contribution in [2.45, 2.75) is 51.6 Å². The molecule has 0 bridgehead atoms. The second-order valence-electron chi connectivity index (χ2n) is 5.42. The van der Waals surface area contributed by atoms with Gasteiger partial charge in [-0.05, 0) is 36.3 Å². The topological polar surface area (TPSA) is 9.23 Å². The van der Waals surface area contributed by atoms with Crippen LogP contribution < -0.4 is 4.74 Å². The van der Waals surface area contributed by atoms with Crippen molar-refractivity contribution in [1.82, 2.24) is 0 Å². The number of para-hydroxylation sites is 1. The Morgan fingerprint density at radius 2 is 1.80 bits per heavy atom. The number of hydrogen-bond acceptors (Lipinski definition) is 1. The van der Waals surface area contributed by atoms with Crippen LogP contribution in [0.15, 0.2) is 24.3 Å². The van der Waals surface area contributed by atoms with Crippen LogP contribution in [-0.2, 0) is 5.41 Å². The Kier molecular flexibility index (Phi) is 2.72. The summed E-state index contributed by atoms with van der Waals surface area (Å²) < 4.78 is 6.01. The minimum Gasteiger partial charge on any atom is -0.490 e. The lowest BCUT2D eigenvalue weighted by Gasteiger charge is -2.30. The fourth-order valence-corrected chi connectivity index (χ4v) is 1.86. The van der Waals surface area contributed by atoms with Gasteiger partial charge in [-0.1, -0.05) is 39.0 Å². The van der Waals surface area contributed by atoms with E-state index in [1.165, 1.54) is 24.8 Å². The van der Waals surface area contributed by atoms with Crippen LogP contribution in [0.3, 0.4) is 0 Å². The summed E-state index contributed by atoms with van der Waals surface area (Å²) in [6.45, 7) is 6.70. The summed E-state index contributed by atoms with van der Waals surface area (Å²) in [6.07, 6.45) is 4.23. The van der Waals surface area contributed by atoms with Crippen LogP contribution in [-0.4, -0.2) is 6.10 Å². The van der Waals surface area contributed by atoms with E-state index in [9.17, 15) is 0 Å². The standard InChI is InChI=1S/C14H20O/c1-14(2,3)12-9-4-5-10-13(12)15-11-7-6-8-11/h4-5,9-11H,6-8H2,1-3H3. The smallest absolute Gasteiger partial charge is 0.123 e. The quantitative estimate of drug-likeness (QED) is 0.709. The highest BCUT2D eigenvalue weighted by Gasteiger charge is 2.23. The average Bonchev–Trinajstić information content (AvgIpc) is 2.10. The molecule has 0 radical (unpaired) electrons. The third-order valence-corrected chi connectivity index (χ3v) is 3.04. The third kappa shape index (κ3) is 2.34. The highest BCUT2D eigenvalue weighted by atomic mass is 16.5. The first-order chi connectivity index (χ1) is 7.07. The lowest BCUT2D eigenvalue weighted by atomic mass is 9.86. The Labute approximate surface area is 92.5 Å². The average molecular weight is 204 g/mol. The highest BCUT2D eigenvalue weighted by Crippen LogP contribution is 2.34. The molecule has 0 aromatic heterocycles. The van der Waals surface area contributed by atoms with E-state index in [2.05, 4.69) is 45.0 Å². The number of ether oxygens (including phenoxy) is 1. The Bertz CT molecular complexity index is 331. The first-order valence-corrected chi connectivity index (χ1v) is 5.83. The van der Waals surface area contributed by atoms with Crippen molar-refractivity contribution < 1.29 is 4.74 Å². The Hall–Kier alpha value is -0.980. The molecule has 0 spiro atoms. The van der Waals surface area contributed by atoms with E-state index >= 15 is 0 Å². The molecule has 1 saturated carbocycles. The van der Waals surface area contributed by atoms with E-state index in [1.807, 2.05) is 0 Å². The lowest BCUT2D eigenvalue weighted by Crippen LogP contribution is -2.26. The largest absolute Gasteiger partial charge is 0.490 e. The van der Waals surface area contributed by atoms with Gasteiger partial charge in [-0.3, -0.25) is 0 Å².